The van der Waals surface area contributed by atoms with Gasteiger partial charge in [0.15, 0.2) is 0 Å². The molecule has 1 aromatic carbocycles. The average molecular weight is 401 g/mol. The number of rotatable bonds is 2. The Balaban J connectivity index is 1.94. The highest BCUT2D eigenvalue weighted by Crippen LogP contribution is 2.37. The zero-order valence-electron chi connectivity index (χ0n) is 10.4. The van der Waals surface area contributed by atoms with Crippen LogP contribution in [-0.2, 0) is 4.79 Å². The van der Waals surface area contributed by atoms with E-state index in [9.17, 15) is 9.59 Å². The first kappa shape index (κ1) is 14.8. The van der Waals surface area contributed by atoms with Gasteiger partial charge in [-0.3, -0.25) is 9.59 Å². The summed E-state index contributed by atoms with van der Waals surface area (Å²) >= 11 is 11.7. The van der Waals surface area contributed by atoms with Crippen molar-refractivity contribution in [3.63, 3.8) is 0 Å². The first-order valence-electron chi connectivity index (χ1n) is 5.83. The SMILES string of the molecule is O=C1S/C(=C/c2ccc(Br)s2)C(=O)N1c1cccc(Cl)c1. The highest BCUT2D eigenvalue weighted by atomic mass is 79.9. The predicted molar refractivity (Wildman–Crippen MR) is 91.9 cm³/mol. The molecule has 0 atom stereocenters. The summed E-state index contributed by atoms with van der Waals surface area (Å²) in [6, 6.07) is 10.5. The van der Waals surface area contributed by atoms with Crippen LogP contribution in [0, 0.1) is 0 Å². The van der Waals surface area contributed by atoms with Crippen LogP contribution in [-0.4, -0.2) is 11.1 Å². The Morgan fingerprint density at radius 2 is 2.00 bits per heavy atom. The summed E-state index contributed by atoms with van der Waals surface area (Å²) in [5.41, 5.74) is 0.487. The van der Waals surface area contributed by atoms with Gasteiger partial charge in [0.2, 0.25) is 0 Å². The zero-order valence-corrected chi connectivity index (χ0v) is 14.4. The van der Waals surface area contributed by atoms with E-state index in [-0.39, 0.29) is 11.1 Å². The normalized spacial score (nSPS) is 17.0. The van der Waals surface area contributed by atoms with Crippen molar-refractivity contribution in [1.82, 2.24) is 0 Å². The zero-order chi connectivity index (χ0) is 15.0. The van der Waals surface area contributed by atoms with E-state index in [2.05, 4.69) is 15.9 Å². The van der Waals surface area contributed by atoms with Crippen molar-refractivity contribution in [2.45, 2.75) is 0 Å². The van der Waals surface area contributed by atoms with E-state index in [0.717, 1.165) is 25.3 Å². The van der Waals surface area contributed by atoms with Gasteiger partial charge in [0.05, 0.1) is 14.4 Å². The van der Waals surface area contributed by atoms with Crippen molar-refractivity contribution in [3.8, 4) is 0 Å². The van der Waals surface area contributed by atoms with Crippen molar-refractivity contribution >= 4 is 73.5 Å². The van der Waals surface area contributed by atoms with Crippen LogP contribution in [0.4, 0.5) is 10.5 Å². The number of amides is 2. The number of anilines is 1. The van der Waals surface area contributed by atoms with Gasteiger partial charge in [0.25, 0.3) is 11.1 Å². The van der Waals surface area contributed by atoms with Crippen molar-refractivity contribution < 1.29 is 9.59 Å². The van der Waals surface area contributed by atoms with E-state index in [1.165, 1.54) is 11.3 Å². The Hall–Kier alpha value is -1.08. The van der Waals surface area contributed by atoms with Crippen LogP contribution in [0.3, 0.4) is 0 Å². The molecule has 1 saturated heterocycles. The molecule has 1 aliphatic heterocycles. The largest absolute Gasteiger partial charge is 0.298 e. The lowest BCUT2D eigenvalue weighted by molar-refractivity contribution is -0.113. The Kier molecular flexibility index (Phi) is 4.21. The lowest BCUT2D eigenvalue weighted by Gasteiger charge is -2.12. The first-order valence-corrected chi connectivity index (χ1v) is 8.64. The fraction of sp³-hybridized carbons (Fsp3) is 0. The van der Waals surface area contributed by atoms with Crippen LogP contribution in [0.1, 0.15) is 4.88 Å². The average Bonchev–Trinajstić information content (AvgIpc) is 2.94. The Morgan fingerprint density at radius 1 is 1.19 bits per heavy atom. The number of nitrogens with zero attached hydrogens (tertiary/aromatic N) is 1. The molecule has 0 aliphatic carbocycles. The molecular weight excluding hydrogens is 394 g/mol. The van der Waals surface area contributed by atoms with E-state index in [1.807, 2.05) is 12.1 Å². The summed E-state index contributed by atoms with van der Waals surface area (Å²) in [7, 11) is 0. The van der Waals surface area contributed by atoms with Gasteiger partial charge in [0, 0.05) is 9.90 Å². The lowest BCUT2D eigenvalue weighted by atomic mass is 10.3. The quantitative estimate of drug-likeness (QED) is 0.633. The fourth-order valence-electron chi connectivity index (χ4n) is 1.84. The van der Waals surface area contributed by atoms with Crippen molar-refractivity contribution in [3.05, 3.63) is 55.0 Å². The van der Waals surface area contributed by atoms with E-state index in [0.29, 0.717) is 15.6 Å². The summed E-state index contributed by atoms with van der Waals surface area (Å²) in [4.78, 5) is 27.0. The molecule has 0 spiro atoms. The van der Waals surface area contributed by atoms with E-state index < -0.39 is 0 Å². The standard InChI is InChI=1S/C14H7BrClNO2S2/c15-12-5-4-10(20-12)7-11-13(18)17(14(19)21-11)9-3-1-2-8(16)6-9/h1-7H/b11-7+. The molecule has 7 heteroatoms. The summed E-state index contributed by atoms with van der Waals surface area (Å²) < 4.78 is 0.975. The molecule has 0 unspecified atom stereocenters. The number of thioether (sulfide) groups is 1. The molecule has 1 fully saturated rings. The van der Waals surface area contributed by atoms with Crippen LogP contribution >= 0.6 is 50.6 Å². The molecule has 3 rings (SSSR count). The molecule has 0 bridgehead atoms. The number of hydrogen-bond donors (Lipinski definition) is 0. The van der Waals surface area contributed by atoms with E-state index >= 15 is 0 Å². The van der Waals surface area contributed by atoms with Gasteiger partial charge < -0.3 is 0 Å². The van der Waals surface area contributed by atoms with Crippen molar-refractivity contribution in [1.29, 1.82) is 0 Å². The van der Waals surface area contributed by atoms with Gasteiger partial charge >= 0.3 is 0 Å². The molecule has 0 saturated carbocycles. The monoisotopic (exact) mass is 399 g/mol. The van der Waals surface area contributed by atoms with Gasteiger partial charge in [-0.2, -0.15) is 0 Å². The summed E-state index contributed by atoms with van der Waals surface area (Å²) in [5.74, 6) is -0.322. The number of hydrogen-bond acceptors (Lipinski definition) is 4. The van der Waals surface area contributed by atoms with E-state index in [4.69, 9.17) is 11.6 Å². The maximum atomic E-state index is 12.4. The molecule has 1 aliphatic rings. The van der Waals surface area contributed by atoms with Gasteiger partial charge in [-0.15, -0.1) is 11.3 Å². The van der Waals surface area contributed by atoms with Crippen LogP contribution in [0.25, 0.3) is 6.08 Å². The van der Waals surface area contributed by atoms with Gasteiger partial charge in [-0.25, -0.2) is 4.90 Å². The minimum Gasteiger partial charge on any atom is -0.268 e. The highest BCUT2D eigenvalue weighted by Gasteiger charge is 2.36. The number of thiophene rings is 1. The van der Waals surface area contributed by atoms with Crippen LogP contribution in [0.5, 0.6) is 0 Å². The van der Waals surface area contributed by atoms with Gasteiger partial charge in [0.1, 0.15) is 0 Å². The van der Waals surface area contributed by atoms with Crippen molar-refractivity contribution in [2.24, 2.45) is 0 Å². The van der Waals surface area contributed by atoms with E-state index in [1.54, 1.807) is 30.3 Å². The first-order chi connectivity index (χ1) is 10.0. The number of carbonyl (C=O) groups excluding carboxylic acids is 2. The van der Waals surface area contributed by atoms with Crippen LogP contribution in [0.15, 0.2) is 45.1 Å². The molecule has 3 nitrogen and oxygen atoms in total. The summed E-state index contributed by atoms with van der Waals surface area (Å²) in [6.45, 7) is 0. The number of benzene rings is 1. The summed E-state index contributed by atoms with van der Waals surface area (Å²) in [6.07, 6.45) is 1.73. The molecule has 2 heterocycles. The fourth-order valence-corrected chi connectivity index (χ4v) is 4.30. The Labute approximate surface area is 142 Å². The maximum Gasteiger partial charge on any atom is 0.298 e. The minimum atomic E-state index is -0.322. The molecule has 0 radical (unpaired) electrons. The number of carbonyl (C=O) groups is 2. The smallest absolute Gasteiger partial charge is 0.268 e. The second kappa shape index (κ2) is 5.96. The maximum absolute atomic E-state index is 12.4. The molecule has 0 N–H and O–H groups in total. The third-order valence-corrected chi connectivity index (χ3v) is 5.40. The lowest BCUT2D eigenvalue weighted by Crippen LogP contribution is -2.27. The molecule has 1 aromatic heterocycles. The third kappa shape index (κ3) is 3.08. The molecule has 2 amide bonds. The Bertz CT molecular complexity index is 772. The molecular formula is C14H7BrClNO2S2. The van der Waals surface area contributed by atoms with Crippen LogP contribution in [0.2, 0.25) is 5.02 Å². The van der Waals surface area contributed by atoms with Gasteiger partial charge in [-0.05, 0) is 64.1 Å². The summed E-state index contributed by atoms with van der Waals surface area (Å²) in [5, 5.41) is 0.168. The van der Waals surface area contributed by atoms with Gasteiger partial charge in [-0.1, -0.05) is 17.7 Å². The van der Waals surface area contributed by atoms with Crippen molar-refractivity contribution in [2.75, 3.05) is 4.90 Å². The molecule has 106 valence electrons. The second-order valence-electron chi connectivity index (χ2n) is 4.14. The highest BCUT2D eigenvalue weighted by molar-refractivity contribution is 9.11. The second-order valence-corrected chi connectivity index (χ2v) is 8.06. The number of halogens is 2. The molecule has 2 aromatic rings. The Morgan fingerprint density at radius 3 is 2.67 bits per heavy atom. The minimum absolute atomic E-state index is 0.316. The number of imide groups is 1. The third-order valence-electron chi connectivity index (χ3n) is 2.73. The predicted octanol–water partition coefficient (Wildman–Crippen LogP) is 5.40. The topological polar surface area (TPSA) is 37.4 Å². The van der Waals surface area contributed by atoms with Crippen LogP contribution < -0.4 is 4.90 Å². The molecule has 21 heavy (non-hydrogen) atoms.